The molecule has 8 nitrogen and oxygen atoms in total. The van der Waals surface area contributed by atoms with Gasteiger partial charge in [0, 0.05) is 58.3 Å². The van der Waals surface area contributed by atoms with Gasteiger partial charge in [0.05, 0.1) is 5.57 Å². The van der Waals surface area contributed by atoms with Gasteiger partial charge in [0.15, 0.2) is 0 Å². The Morgan fingerprint density at radius 2 is 1.52 bits per heavy atom. The average molecular weight is 450 g/mol. The zero-order valence-electron chi connectivity index (χ0n) is 19.2. The Balaban J connectivity index is 1.49. The van der Waals surface area contributed by atoms with Crippen LogP contribution in [0.15, 0.2) is 54.5 Å². The van der Waals surface area contributed by atoms with Crippen LogP contribution in [0.3, 0.4) is 0 Å². The molecule has 3 heterocycles. The summed E-state index contributed by atoms with van der Waals surface area (Å²) in [6, 6.07) is 11.3. The maximum Gasteiger partial charge on any atom is 0.277 e. The molecule has 2 aromatic rings. The summed E-state index contributed by atoms with van der Waals surface area (Å²) in [4.78, 5) is 41.0. The maximum absolute atomic E-state index is 13.4. The Kier molecular flexibility index (Phi) is 7.67. The molecule has 8 heteroatoms. The highest BCUT2D eigenvalue weighted by Crippen LogP contribution is 2.32. The first-order valence-electron chi connectivity index (χ1n) is 11.7. The van der Waals surface area contributed by atoms with Crippen molar-refractivity contribution < 1.29 is 14.3 Å². The van der Waals surface area contributed by atoms with Crippen LogP contribution in [-0.4, -0.2) is 77.5 Å². The van der Waals surface area contributed by atoms with Gasteiger partial charge in [-0.25, -0.2) is 9.97 Å². The van der Waals surface area contributed by atoms with Crippen molar-refractivity contribution in [2.24, 2.45) is 0 Å². The van der Waals surface area contributed by atoms with Crippen LogP contribution < -0.4 is 4.90 Å². The molecular formula is C25H31N5O3. The smallest absolute Gasteiger partial charge is 0.277 e. The van der Waals surface area contributed by atoms with Crippen LogP contribution in [0, 0.1) is 0 Å². The fourth-order valence-corrected chi connectivity index (χ4v) is 4.18. The van der Waals surface area contributed by atoms with Crippen molar-refractivity contribution in [2.45, 2.75) is 26.2 Å². The Labute approximate surface area is 194 Å². The molecule has 0 N–H and O–H groups in total. The lowest BCUT2D eigenvalue weighted by atomic mass is 10.0. The van der Waals surface area contributed by atoms with E-state index >= 15 is 0 Å². The Morgan fingerprint density at radius 3 is 2.21 bits per heavy atom. The minimum absolute atomic E-state index is 0.211. The molecule has 2 aliphatic heterocycles. The number of carbonyl (C=O) groups is 2. The van der Waals surface area contributed by atoms with E-state index in [0.29, 0.717) is 69.6 Å². The molecular weight excluding hydrogens is 418 g/mol. The van der Waals surface area contributed by atoms with E-state index in [2.05, 4.69) is 21.8 Å². The fourth-order valence-electron chi connectivity index (χ4n) is 4.18. The molecule has 1 fully saturated rings. The van der Waals surface area contributed by atoms with Gasteiger partial charge in [-0.3, -0.25) is 14.5 Å². The second kappa shape index (κ2) is 11.0. The van der Waals surface area contributed by atoms with Crippen LogP contribution in [0.25, 0.3) is 5.57 Å². The van der Waals surface area contributed by atoms with Crippen LogP contribution in [-0.2, 0) is 14.3 Å². The van der Waals surface area contributed by atoms with Crippen molar-refractivity contribution in [2.75, 3.05) is 50.8 Å². The highest BCUT2D eigenvalue weighted by Gasteiger charge is 2.41. The molecule has 1 aromatic heterocycles. The number of aromatic nitrogens is 2. The number of benzene rings is 1. The third kappa shape index (κ3) is 5.22. The van der Waals surface area contributed by atoms with Gasteiger partial charge in [-0.05, 0) is 24.5 Å². The van der Waals surface area contributed by atoms with E-state index in [1.165, 1.54) is 4.90 Å². The summed E-state index contributed by atoms with van der Waals surface area (Å²) in [5, 5.41) is 0. The molecule has 2 aliphatic rings. The van der Waals surface area contributed by atoms with Crippen molar-refractivity contribution >= 4 is 23.3 Å². The fraction of sp³-hybridized carbons (Fsp3) is 0.440. The molecule has 0 bridgehead atoms. The van der Waals surface area contributed by atoms with Crippen LogP contribution in [0.2, 0.25) is 0 Å². The zero-order valence-corrected chi connectivity index (χ0v) is 19.2. The summed E-state index contributed by atoms with van der Waals surface area (Å²) in [7, 11) is 0. The molecule has 0 radical (unpaired) electrons. The van der Waals surface area contributed by atoms with Crippen LogP contribution in [0.5, 0.6) is 0 Å². The molecule has 174 valence electrons. The molecule has 0 saturated carbocycles. The summed E-state index contributed by atoms with van der Waals surface area (Å²) >= 11 is 0. The van der Waals surface area contributed by atoms with Crippen molar-refractivity contribution in [1.82, 2.24) is 19.8 Å². The lowest BCUT2D eigenvalue weighted by molar-refractivity contribution is -0.137. The van der Waals surface area contributed by atoms with Crippen molar-refractivity contribution in [3.8, 4) is 0 Å². The van der Waals surface area contributed by atoms with E-state index in [4.69, 9.17) is 4.74 Å². The van der Waals surface area contributed by atoms with Crippen LogP contribution >= 0.6 is 0 Å². The van der Waals surface area contributed by atoms with Gasteiger partial charge >= 0.3 is 0 Å². The Morgan fingerprint density at radius 1 is 0.848 bits per heavy atom. The van der Waals surface area contributed by atoms with E-state index in [0.717, 1.165) is 18.4 Å². The summed E-state index contributed by atoms with van der Waals surface area (Å²) in [5.74, 6) is 0.258. The number of anilines is 1. The Bertz CT molecular complexity index is 972. The van der Waals surface area contributed by atoms with Gasteiger partial charge in [-0.2, -0.15) is 0 Å². The van der Waals surface area contributed by atoms with E-state index in [9.17, 15) is 9.59 Å². The van der Waals surface area contributed by atoms with E-state index in [-0.39, 0.29) is 11.8 Å². The van der Waals surface area contributed by atoms with E-state index in [1.54, 1.807) is 18.5 Å². The molecule has 2 amide bonds. The number of hydrogen-bond donors (Lipinski definition) is 0. The molecule has 4 rings (SSSR count). The molecule has 1 aromatic carbocycles. The van der Waals surface area contributed by atoms with Crippen molar-refractivity contribution in [3.05, 3.63) is 60.1 Å². The summed E-state index contributed by atoms with van der Waals surface area (Å²) in [6.45, 7) is 6.35. The first kappa shape index (κ1) is 22.9. The number of carbonyl (C=O) groups excluding carboxylic acids is 2. The second-order valence-electron chi connectivity index (χ2n) is 8.19. The van der Waals surface area contributed by atoms with Crippen LogP contribution in [0.4, 0.5) is 5.95 Å². The SMILES string of the molecule is CCCCOCCCN1C(=O)C(c2ccccc2)=C(N2CCN(c3ncccn3)CC2)C1=O. The minimum atomic E-state index is -0.219. The van der Waals surface area contributed by atoms with Gasteiger partial charge in [0.1, 0.15) is 5.70 Å². The topological polar surface area (TPSA) is 78.9 Å². The monoisotopic (exact) mass is 449 g/mol. The number of ether oxygens (including phenoxy) is 1. The Hall–Kier alpha value is -3.26. The average Bonchev–Trinajstić information content (AvgIpc) is 3.12. The number of hydrogen-bond acceptors (Lipinski definition) is 7. The highest BCUT2D eigenvalue weighted by molar-refractivity contribution is 6.35. The normalized spacial score (nSPS) is 16.8. The standard InChI is InChI=1S/C25H31N5O3/c1-2-3-18-33-19-8-13-30-23(31)21(20-9-5-4-6-10-20)22(24(30)32)28-14-16-29(17-15-28)25-26-11-7-12-27-25/h4-7,9-12H,2-3,8,13-19H2,1H3. The first-order chi connectivity index (χ1) is 16.2. The van der Waals surface area contributed by atoms with Crippen molar-refractivity contribution in [1.29, 1.82) is 0 Å². The number of imide groups is 1. The number of rotatable bonds is 10. The highest BCUT2D eigenvalue weighted by atomic mass is 16.5. The predicted molar refractivity (Wildman–Crippen MR) is 126 cm³/mol. The zero-order chi connectivity index (χ0) is 23.0. The third-order valence-corrected chi connectivity index (χ3v) is 5.95. The van der Waals surface area contributed by atoms with E-state index < -0.39 is 0 Å². The lowest BCUT2D eigenvalue weighted by Gasteiger charge is -2.36. The predicted octanol–water partition coefficient (Wildman–Crippen LogP) is 2.59. The number of unbranched alkanes of at least 4 members (excludes halogenated alkanes) is 1. The minimum Gasteiger partial charge on any atom is -0.381 e. The van der Waals surface area contributed by atoms with E-state index in [1.807, 2.05) is 35.2 Å². The third-order valence-electron chi connectivity index (χ3n) is 5.95. The summed E-state index contributed by atoms with van der Waals surface area (Å²) < 4.78 is 5.62. The first-order valence-corrected chi connectivity index (χ1v) is 11.7. The number of piperazine rings is 1. The molecule has 0 unspecified atom stereocenters. The quantitative estimate of drug-likeness (QED) is 0.407. The van der Waals surface area contributed by atoms with Gasteiger partial charge in [0.2, 0.25) is 5.95 Å². The van der Waals surface area contributed by atoms with Crippen molar-refractivity contribution in [3.63, 3.8) is 0 Å². The largest absolute Gasteiger partial charge is 0.381 e. The lowest BCUT2D eigenvalue weighted by Crippen LogP contribution is -2.48. The molecule has 33 heavy (non-hydrogen) atoms. The molecule has 1 saturated heterocycles. The van der Waals surface area contributed by atoms with Gasteiger partial charge < -0.3 is 14.5 Å². The van der Waals surface area contributed by atoms with Gasteiger partial charge in [-0.15, -0.1) is 0 Å². The molecule has 0 spiro atoms. The molecule has 0 atom stereocenters. The maximum atomic E-state index is 13.4. The summed E-state index contributed by atoms with van der Waals surface area (Å²) in [6.07, 6.45) is 6.20. The molecule has 0 aliphatic carbocycles. The summed E-state index contributed by atoms with van der Waals surface area (Å²) in [5.41, 5.74) is 1.78. The number of nitrogens with zero attached hydrogens (tertiary/aromatic N) is 5. The van der Waals surface area contributed by atoms with Gasteiger partial charge in [-0.1, -0.05) is 43.7 Å². The van der Waals surface area contributed by atoms with Gasteiger partial charge in [0.25, 0.3) is 11.8 Å². The second-order valence-corrected chi connectivity index (χ2v) is 8.19. The number of amides is 2. The van der Waals surface area contributed by atoms with Crippen LogP contribution in [0.1, 0.15) is 31.7 Å².